The fraction of sp³-hybridized carbons (Fsp3) is 0.207. The Morgan fingerprint density at radius 1 is 0.892 bits per heavy atom. The van der Waals surface area contributed by atoms with Gasteiger partial charge in [0.1, 0.15) is 11.6 Å². The van der Waals surface area contributed by atoms with Gasteiger partial charge in [-0.25, -0.2) is 9.97 Å². The largest absolute Gasteiger partial charge is 0.339 e. The van der Waals surface area contributed by atoms with Gasteiger partial charge in [0.2, 0.25) is 0 Å². The number of carbonyl (C=O) groups is 1. The molecule has 1 N–H and O–H groups in total. The number of aromatic amines is 1. The maximum atomic E-state index is 13.2. The minimum atomic E-state index is -0.118. The molecular weight excluding hydrogens is 464 g/mol. The predicted octanol–water partition coefficient (Wildman–Crippen LogP) is 4.50. The van der Waals surface area contributed by atoms with Crippen molar-refractivity contribution in [1.29, 1.82) is 0 Å². The lowest BCUT2D eigenvalue weighted by atomic mass is 9.95. The summed E-state index contributed by atoms with van der Waals surface area (Å²) in [5, 5.41) is 8.04. The number of benzene rings is 3. The monoisotopic (exact) mass is 490 g/mol. The summed E-state index contributed by atoms with van der Waals surface area (Å²) in [5.41, 5.74) is 2.84. The predicted molar refractivity (Wildman–Crippen MR) is 142 cm³/mol. The Labute approximate surface area is 213 Å². The van der Waals surface area contributed by atoms with Crippen LogP contribution in [0.2, 0.25) is 0 Å². The van der Waals surface area contributed by atoms with Crippen LogP contribution in [0, 0.1) is 6.92 Å². The van der Waals surface area contributed by atoms with Gasteiger partial charge in [-0.1, -0.05) is 42.5 Å². The van der Waals surface area contributed by atoms with Crippen molar-refractivity contribution < 1.29 is 4.79 Å². The van der Waals surface area contributed by atoms with Crippen LogP contribution in [0.3, 0.4) is 0 Å². The molecular formula is C29H26N6O2. The molecule has 1 aliphatic heterocycles. The Bertz CT molecular complexity index is 1630. The molecule has 184 valence electrons. The van der Waals surface area contributed by atoms with Crippen molar-refractivity contribution in [1.82, 2.24) is 29.6 Å². The lowest BCUT2D eigenvalue weighted by molar-refractivity contribution is 0.0711. The highest BCUT2D eigenvalue weighted by Gasteiger charge is 2.27. The first-order valence-corrected chi connectivity index (χ1v) is 12.4. The maximum absolute atomic E-state index is 13.2. The van der Waals surface area contributed by atoms with Crippen LogP contribution >= 0.6 is 0 Å². The molecule has 1 saturated heterocycles. The summed E-state index contributed by atoms with van der Waals surface area (Å²) < 4.78 is 1.59. The Morgan fingerprint density at radius 2 is 1.59 bits per heavy atom. The summed E-state index contributed by atoms with van der Waals surface area (Å²) in [4.78, 5) is 37.4. The fourth-order valence-corrected chi connectivity index (χ4v) is 5.01. The minimum Gasteiger partial charge on any atom is -0.339 e. The molecule has 5 aromatic rings. The molecule has 8 heteroatoms. The molecule has 8 nitrogen and oxygen atoms in total. The third kappa shape index (κ3) is 4.31. The highest BCUT2D eigenvalue weighted by Crippen LogP contribution is 2.28. The van der Waals surface area contributed by atoms with E-state index in [0.717, 1.165) is 24.2 Å². The number of aromatic nitrogens is 5. The molecule has 1 amide bonds. The quantitative estimate of drug-likeness (QED) is 0.400. The number of fused-ring (bicyclic) bond motifs is 1. The van der Waals surface area contributed by atoms with Gasteiger partial charge < -0.3 is 4.90 Å². The van der Waals surface area contributed by atoms with Crippen LogP contribution < -0.4 is 5.56 Å². The standard InChI is InChI=1S/C29H26N6O2/c1-19-30-25-10-6-5-9-24(25)29(37)35(19)23-13-11-22(12-14-23)28(36)34-17-15-21(16-18-34)27-31-26(32-33-27)20-7-3-2-4-8-20/h2-14,21H,15-18H2,1H3,(H,31,32,33). The Hall–Kier alpha value is -4.59. The van der Waals surface area contributed by atoms with Crippen molar-refractivity contribution in [3.8, 4) is 17.1 Å². The third-order valence-electron chi connectivity index (χ3n) is 7.02. The number of nitrogens with one attached hydrogen (secondary N) is 1. The lowest BCUT2D eigenvalue weighted by Gasteiger charge is -2.31. The van der Waals surface area contributed by atoms with E-state index in [0.29, 0.717) is 46.9 Å². The van der Waals surface area contributed by atoms with Gasteiger partial charge in [-0.3, -0.25) is 19.3 Å². The van der Waals surface area contributed by atoms with Crippen LogP contribution in [-0.4, -0.2) is 48.6 Å². The van der Waals surface area contributed by atoms with Crippen LogP contribution in [0.1, 0.15) is 40.8 Å². The number of likely N-dealkylation sites (tertiary alicyclic amines) is 1. The van der Waals surface area contributed by atoms with E-state index < -0.39 is 0 Å². The van der Waals surface area contributed by atoms with Crippen LogP contribution in [0.15, 0.2) is 83.7 Å². The second-order valence-electron chi connectivity index (χ2n) is 9.34. The van der Waals surface area contributed by atoms with Gasteiger partial charge in [-0.15, -0.1) is 0 Å². The molecule has 1 fully saturated rings. The van der Waals surface area contributed by atoms with Crippen LogP contribution in [0.4, 0.5) is 0 Å². The number of piperidine rings is 1. The van der Waals surface area contributed by atoms with E-state index in [2.05, 4.69) is 15.2 Å². The number of hydrogen-bond acceptors (Lipinski definition) is 5. The maximum Gasteiger partial charge on any atom is 0.265 e. The number of nitrogens with zero attached hydrogens (tertiary/aromatic N) is 5. The highest BCUT2D eigenvalue weighted by atomic mass is 16.2. The molecule has 2 aromatic heterocycles. The van der Waals surface area contributed by atoms with Crippen molar-refractivity contribution in [3.05, 3.63) is 106 Å². The average Bonchev–Trinajstić information content (AvgIpc) is 3.44. The van der Waals surface area contributed by atoms with Gasteiger partial charge in [-0.05, 0) is 56.2 Å². The summed E-state index contributed by atoms with van der Waals surface area (Å²) in [6.45, 7) is 3.12. The number of rotatable bonds is 4. The van der Waals surface area contributed by atoms with Crippen molar-refractivity contribution in [2.75, 3.05) is 13.1 Å². The number of carbonyl (C=O) groups excluding carboxylic acids is 1. The zero-order chi connectivity index (χ0) is 25.4. The molecule has 37 heavy (non-hydrogen) atoms. The Balaban J connectivity index is 1.14. The molecule has 0 spiro atoms. The Kier molecular flexibility index (Phi) is 5.84. The third-order valence-corrected chi connectivity index (χ3v) is 7.02. The summed E-state index contributed by atoms with van der Waals surface area (Å²) in [7, 11) is 0. The van der Waals surface area contributed by atoms with E-state index in [-0.39, 0.29) is 17.4 Å². The SMILES string of the molecule is Cc1nc2ccccc2c(=O)n1-c1ccc(C(=O)N2CCC(c3nc(-c4ccccc4)n[nH]3)CC2)cc1. The summed E-state index contributed by atoms with van der Waals surface area (Å²) in [5.74, 6) is 2.41. The first-order chi connectivity index (χ1) is 18.1. The molecule has 0 atom stereocenters. The minimum absolute atomic E-state index is 0.00625. The summed E-state index contributed by atoms with van der Waals surface area (Å²) in [6.07, 6.45) is 1.65. The van der Waals surface area contributed by atoms with Gasteiger partial charge in [-0.2, -0.15) is 5.10 Å². The van der Waals surface area contributed by atoms with E-state index in [1.807, 2.05) is 72.5 Å². The van der Waals surface area contributed by atoms with Gasteiger partial charge >= 0.3 is 0 Å². The van der Waals surface area contributed by atoms with E-state index >= 15 is 0 Å². The van der Waals surface area contributed by atoms with E-state index in [4.69, 9.17) is 4.98 Å². The molecule has 6 rings (SSSR count). The number of amides is 1. The smallest absolute Gasteiger partial charge is 0.265 e. The highest BCUT2D eigenvalue weighted by molar-refractivity contribution is 5.94. The topological polar surface area (TPSA) is 96.8 Å². The van der Waals surface area contributed by atoms with Crippen molar-refractivity contribution in [3.63, 3.8) is 0 Å². The first-order valence-electron chi connectivity index (χ1n) is 12.4. The normalized spacial score (nSPS) is 14.2. The van der Waals surface area contributed by atoms with Gasteiger partial charge in [0.15, 0.2) is 5.82 Å². The molecule has 0 aliphatic carbocycles. The van der Waals surface area contributed by atoms with Gasteiger partial charge in [0, 0.05) is 30.1 Å². The van der Waals surface area contributed by atoms with Crippen LogP contribution in [0.5, 0.6) is 0 Å². The zero-order valence-electron chi connectivity index (χ0n) is 20.5. The van der Waals surface area contributed by atoms with Crippen LogP contribution in [0.25, 0.3) is 28.0 Å². The van der Waals surface area contributed by atoms with Crippen molar-refractivity contribution >= 4 is 16.8 Å². The number of aryl methyl sites for hydroxylation is 1. The number of para-hydroxylation sites is 1. The molecule has 0 unspecified atom stereocenters. The zero-order valence-corrected chi connectivity index (χ0v) is 20.5. The molecule has 3 aromatic carbocycles. The first kappa shape index (κ1) is 22.8. The van der Waals surface area contributed by atoms with E-state index in [9.17, 15) is 9.59 Å². The molecule has 3 heterocycles. The lowest BCUT2D eigenvalue weighted by Crippen LogP contribution is -2.38. The summed E-state index contributed by atoms with van der Waals surface area (Å²) in [6, 6.07) is 24.4. The van der Waals surface area contributed by atoms with Gasteiger partial charge in [0.25, 0.3) is 11.5 Å². The molecule has 0 radical (unpaired) electrons. The van der Waals surface area contributed by atoms with Gasteiger partial charge in [0.05, 0.1) is 16.6 Å². The van der Waals surface area contributed by atoms with Crippen molar-refractivity contribution in [2.24, 2.45) is 0 Å². The fourth-order valence-electron chi connectivity index (χ4n) is 5.01. The molecule has 0 saturated carbocycles. The molecule has 1 aliphatic rings. The Morgan fingerprint density at radius 3 is 2.35 bits per heavy atom. The molecule has 0 bridgehead atoms. The number of hydrogen-bond donors (Lipinski definition) is 1. The second-order valence-corrected chi connectivity index (χ2v) is 9.34. The van der Waals surface area contributed by atoms with Crippen LogP contribution in [-0.2, 0) is 0 Å². The number of H-pyrrole nitrogens is 1. The van der Waals surface area contributed by atoms with E-state index in [1.54, 1.807) is 22.8 Å². The van der Waals surface area contributed by atoms with E-state index in [1.165, 1.54) is 0 Å². The van der Waals surface area contributed by atoms with Crippen molar-refractivity contribution in [2.45, 2.75) is 25.7 Å². The summed E-state index contributed by atoms with van der Waals surface area (Å²) >= 11 is 0. The average molecular weight is 491 g/mol. The second kappa shape index (κ2) is 9.46.